The Morgan fingerprint density at radius 1 is 1.24 bits per heavy atom. The highest BCUT2D eigenvalue weighted by Crippen LogP contribution is 2.31. The second-order valence-corrected chi connectivity index (χ2v) is 6.14. The molecule has 1 aromatic carbocycles. The van der Waals surface area contributed by atoms with Gasteiger partial charge in [-0.2, -0.15) is 0 Å². The van der Waals surface area contributed by atoms with Gasteiger partial charge in [0.05, 0.1) is 5.52 Å². The summed E-state index contributed by atoms with van der Waals surface area (Å²) in [5.41, 5.74) is 2.00. The van der Waals surface area contributed by atoms with E-state index in [1.54, 1.807) is 35.2 Å². The molecule has 0 aliphatic carbocycles. The largest absolute Gasteiger partial charge is 0.506 e. The van der Waals surface area contributed by atoms with E-state index in [-0.39, 0.29) is 17.9 Å². The first-order chi connectivity index (χ1) is 12.2. The van der Waals surface area contributed by atoms with Crippen molar-refractivity contribution in [1.82, 2.24) is 14.9 Å². The molecule has 0 saturated heterocycles. The monoisotopic (exact) mass is 335 g/mol. The van der Waals surface area contributed by atoms with Crippen LogP contribution in [0.2, 0.25) is 0 Å². The molecule has 0 radical (unpaired) electrons. The van der Waals surface area contributed by atoms with Crippen molar-refractivity contribution >= 4 is 16.8 Å². The second kappa shape index (κ2) is 6.05. The third kappa shape index (κ3) is 2.55. The lowest BCUT2D eigenvalue weighted by molar-refractivity contribution is 0.0946. The Morgan fingerprint density at radius 2 is 2.04 bits per heavy atom. The van der Waals surface area contributed by atoms with Gasteiger partial charge in [-0.15, -0.1) is 0 Å². The summed E-state index contributed by atoms with van der Waals surface area (Å²) in [5, 5.41) is 13.8. The van der Waals surface area contributed by atoms with Crippen LogP contribution in [0.4, 0.5) is 0 Å². The molecule has 0 spiro atoms. The Hall–Kier alpha value is -3.15. The van der Waals surface area contributed by atoms with Gasteiger partial charge in [-0.3, -0.25) is 14.6 Å². The molecule has 126 valence electrons. The molecule has 0 atom stereocenters. The number of aromatic nitrogens is 2. The lowest BCUT2D eigenvalue weighted by Gasteiger charge is -2.21. The average Bonchev–Trinajstić information content (AvgIpc) is 2.65. The Labute approximate surface area is 143 Å². The van der Waals surface area contributed by atoms with Crippen LogP contribution in [0, 0.1) is 0 Å². The summed E-state index contributed by atoms with van der Waals surface area (Å²) in [6.07, 6.45) is 4.98. The number of hydrogen-bond acceptors (Lipinski definition) is 4. The summed E-state index contributed by atoms with van der Waals surface area (Å²) in [7, 11) is 0. The van der Waals surface area contributed by atoms with Gasteiger partial charge in [0.25, 0.3) is 11.5 Å². The highest BCUT2D eigenvalue weighted by Gasteiger charge is 2.24. The van der Waals surface area contributed by atoms with Gasteiger partial charge in [0.15, 0.2) is 0 Å². The summed E-state index contributed by atoms with van der Waals surface area (Å²) in [6, 6.07) is 9.11. The fourth-order valence-corrected chi connectivity index (χ4v) is 3.39. The molecule has 4 rings (SSSR count). The number of pyridine rings is 2. The molecule has 6 heteroatoms. The van der Waals surface area contributed by atoms with E-state index in [1.807, 2.05) is 12.1 Å². The third-order valence-corrected chi connectivity index (χ3v) is 4.60. The van der Waals surface area contributed by atoms with Gasteiger partial charge in [0.2, 0.25) is 0 Å². The van der Waals surface area contributed by atoms with Crippen LogP contribution < -0.4 is 10.9 Å². The molecule has 2 N–H and O–H groups in total. The Balaban J connectivity index is 1.77. The normalized spacial score (nSPS) is 13.0. The second-order valence-electron chi connectivity index (χ2n) is 6.14. The predicted molar refractivity (Wildman–Crippen MR) is 93.6 cm³/mol. The number of amides is 1. The zero-order chi connectivity index (χ0) is 17.4. The zero-order valence-electron chi connectivity index (χ0n) is 13.5. The fourth-order valence-electron chi connectivity index (χ4n) is 3.39. The molecule has 1 aliphatic rings. The molecule has 1 aliphatic heterocycles. The molecule has 0 fully saturated rings. The van der Waals surface area contributed by atoms with Crippen molar-refractivity contribution in [3.63, 3.8) is 0 Å². The van der Waals surface area contributed by atoms with Crippen molar-refractivity contribution in [2.75, 3.05) is 0 Å². The van der Waals surface area contributed by atoms with E-state index >= 15 is 0 Å². The Bertz CT molecular complexity index is 1030. The molecule has 1 amide bonds. The topological polar surface area (TPSA) is 84.2 Å². The van der Waals surface area contributed by atoms with E-state index in [4.69, 9.17) is 0 Å². The number of aryl methyl sites for hydroxylation is 2. The SMILES string of the molecule is O=C(NCc1ccncc1)c1c(O)c2cccc3c2n(c1=O)CCC3. The third-order valence-electron chi connectivity index (χ3n) is 4.60. The number of aromatic hydroxyl groups is 1. The van der Waals surface area contributed by atoms with Crippen LogP contribution in [0.5, 0.6) is 5.75 Å². The van der Waals surface area contributed by atoms with Gasteiger partial charge in [0, 0.05) is 30.9 Å². The quantitative estimate of drug-likeness (QED) is 0.766. The maximum Gasteiger partial charge on any atom is 0.267 e. The number of hydrogen-bond donors (Lipinski definition) is 2. The average molecular weight is 335 g/mol. The number of carbonyl (C=O) groups excluding carboxylic acids is 1. The molecule has 0 saturated carbocycles. The lowest BCUT2D eigenvalue weighted by Crippen LogP contribution is -2.34. The summed E-state index contributed by atoms with van der Waals surface area (Å²) >= 11 is 0. The van der Waals surface area contributed by atoms with Gasteiger partial charge >= 0.3 is 0 Å². The Morgan fingerprint density at radius 3 is 2.84 bits per heavy atom. The van der Waals surface area contributed by atoms with Crippen LogP contribution in [-0.2, 0) is 19.5 Å². The highest BCUT2D eigenvalue weighted by atomic mass is 16.3. The summed E-state index contributed by atoms with van der Waals surface area (Å²) in [4.78, 5) is 29.3. The molecule has 25 heavy (non-hydrogen) atoms. The van der Waals surface area contributed by atoms with Gasteiger partial charge in [-0.1, -0.05) is 12.1 Å². The lowest BCUT2D eigenvalue weighted by atomic mass is 9.99. The number of carbonyl (C=O) groups is 1. The number of benzene rings is 1. The van der Waals surface area contributed by atoms with E-state index < -0.39 is 11.5 Å². The summed E-state index contributed by atoms with van der Waals surface area (Å²) in [5.74, 6) is -0.812. The molecule has 3 aromatic rings. The van der Waals surface area contributed by atoms with E-state index in [1.165, 1.54) is 0 Å². The van der Waals surface area contributed by atoms with Crippen LogP contribution in [0.1, 0.15) is 27.9 Å². The molecule has 3 heterocycles. The number of para-hydroxylation sites is 1. The van der Waals surface area contributed by atoms with Crippen LogP contribution in [-0.4, -0.2) is 20.6 Å². The first-order valence-corrected chi connectivity index (χ1v) is 8.21. The van der Waals surface area contributed by atoms with Crippen molar-refractivity contribution < 1.29 is 9.90 Å². The zero-order valence-corrected chi connectivity index (χ0v) is 13.5. The van der Waals surface area contributed by atoms with E-state index in [0.29, 0.717) is 11.9 Å². The van der Waals surface area contributed by atoms with Gasteiger partial charge in [0.1, 0.15) is 11.3 Å². The maximum absolute atomic E-state index is 12.8. The van der Waals surface area contributed by atoms with Crippen LogP contribution in [0.3, 0.4) is 0 Å². The minimum absolute atomic E-state index is 0.194. The molecular formula is C19H17N3O3. The van der Waals surface area contributed by atoms with E-state index in [9.17, 15) is 14.7 Å². The number of nitrogens with zero attached hydrogens (tertiary/aromatic N) is 2. The first kappa shape index (κ1) is 15.4. The van der Waals surface area contributed by atoms with E-state index in [2.05, 4.69) is 10.3 Å². The van der Waals surface area contributed by atoms with Crippen molar-refractivity contribution in [3.8, 4) is 5.75 Å². The molecule has 2 aromatic heterocycles. The number of nitrogens with one attached hydrogen (secondary N) is 1. The van der Waals surface area contributed by atoms with Crippen LogP contribution in [0.15, 0.2) is 47.5 Å². The predicted octanol–water partition coefficient (Wildman–Crippen LogP) is 1.98. The van der Waals surface area contributed by atoms with Crippen molar-refractivity contribution in [2.24, 2.45) is 0 Å². The molecule has 6 nitrogen and oxygen atoms in total. The molecule has 0 bridgehead atoms. The van der Waals surface area contributed by atoms with Gasteiger partial charge < -0.3 is 15.0 Å². The summed E-state index contributed by atoms with van der Waals surface area (Å²) in [6.45, 7) is 0.815. The Kier molecular flexibility index (Phi) is 3.72. The van der Waals surface area contributed by atoms with Crippen molar-refractivity contribution in [1.29, 1.82) is 0 Å². The minimum atomic E-state index is -0.569. The smallest absolute Gasteiger partial charge is 0.267 e. The molecule has 0 unspecified atom stereocenters. The van der Waals surface area contributed by atoms with Gasteiger partial charge in [-0.05, 0) is 42.2 Å². The van der Waals surface area contributed by atoms with Crippen molar-refractivity contribution in [3.05, 3.63) is 69.8 Å². The molecular weight excluding hydrogens is 318 g/mol. The minimum Gasteiger partial charge on any atom is -0.506 e. The van der Waals surface area contributed by atoms with Crippen LogP contribution >= 0.6 is 0 Å². The summed E-state index contributed by atoms with van der Waals surface area (Å²) < 4.78 is 1.61. The fraction of sp³-hybridized carbons (Fsp3) is 0.211. The van der Waals surface area contributed by atoms with E-state index in [0.717, 1.165) is 29.5 Å². The first-order valence-electron chi connectivity index (χ1n) is 8.21. The number of rotatable bonds is 3. The van der Waals surface area contributed by atoms with Crippen molar-refractivity contribution in [2.45, 2.75) is 25.9 Å². The standard InChI is InChI=1S/C19H17N3O3/c23-17-14-5-1-3-13-4-2-10-22(16(13)14)19(25)15(17)18(24)21-11-12-6-8-20-9-7-12/h1,3,5-9,23H,2,4,10-11H2,(H,21,24). The van der Waals surface area contributed by atoms with Gasteiger partial charge in [-0.25, -0.2) is 0 Å². The highest BCUT2D eigenvalue weighted by molar-refractivity contribution is 6.02. The maximum atomic E-state index is 12.8. The van der Waals surface area contributed by atoms with Crippen LogP contribution in [0.25, 0.3) is 10.9 Å².